The zero-order chi connectivity index (χ0) is 15.7. The van der Waals surface area contributed by atoms with Gasteiger partial charge in [-0.3, -0.25) is 19.3 Å². The van der Waals surface area contributed by atoms with Crippen LogP contribution in [0.25, 0.3) is 0 Å². The maximum Gasteiger partial charge on any atom is 0.261 e. The summed E-state index contributed by atoms with van der Waals surface area (Å²) in [6.07, 6.45) is 3.91. The molecule has 1 aliphatic carbocycles. The Bertz CT molecular complexity index is 585. The zero-order valence-corrected chi connectivity index (χ0v) is 13.4. The maximum atomic E-state index is 12.3. The minimum Gasteiger partial charge on any atom is -0.288 e. The Kier molecular flexibility index (Phi) is 4.34. The quantitative estimate of drug-likeness (QED) is 0.804. The van der Waals surface area contributed by atoms with Crippen LogP contribution in [0.1, 0.15) is 53.3 Å². The third kappa shape index (κ3) is 2.95. The Morgan fingerprint density at radius 3 is 2.14 bits per heavy atom. The number of hydrogen-bond donors (Lipinski definition) is 0. The number of carbonyl (C=O) groups is 3. The van der Waals surface area contributed by atoms with Crippen LogP contribution in [0.3, 0.4) is 0 Å². The summed E-state index contributed by atoms with van der Waals surface area (Å²) in [7, 11) is 0. The van der Waals surface area contributed by atoms with Crippen molar-refractivity contribution in [1.82, 2.24) is 4.90 Å². The predicted octanol–water partition coefficient (Wildman–Crippen LogP) is 3.12. The summed E-state index contributed by atoms with van der Waals surface area (Å²) in [5, 5.41) is 0.569. The van der Waals surface area contributed by atoms with Crippen molar-refractivity contribution in [3.8, 4) is 0 Å². The van der Waals surface area contributed by atoms with Crippen molar-refractivity contribution in [2.75, 3.05) is 6.54 Å². The lowest BCUT2D eigenvalue weighted by atomic mass is 9.88. The first-order valence-electron chi connectivity index (χ1n) is 7.68. The van der Waals surface area contributed by atoms with Crippen molar-refractivity contribution < 1.29 is 14.4 Å². The topological polar surface area (TPSA) is 54.5 Å². The molecule has 22 heavy (non-hydrogen) atoms. The van der Waals surface area contributed by atoms with Gasteiger partial charge in [0.1, 0.15) is 0 Å². The number of carbonyl (C=O) groups excluding carboxylic acids is 3. The van der Waals surface area contributed by atoms with Crippen LogP contribution in [0.2, 0.25) is 0 Å². The smallest absolute Gasteiger partial charge is 0.261 e. The van der Waals surface area contributed by atoms with Gasteiger partial charge in [0.05, 0.1) is 11.1 Å². The molecule has 0 unspecified atom stereocenters. The van der Waals surface area contributed by atoms with E-state index in [1.807, 2.05) is 0 Å². The summed E-state index contributed by atoms with van der Waals surface area (Å²) >= 11 is 1.42. The zero-order valence-electron chi connectivity index (χ0n) is 12.6. The van der Waals surface area contributed by atoms with Crippen LogP contribution in [0, 0.1) is 5.92 Å². The van der Waals surface area contributed by atoms with Gasteiger partial charge in [-0.2, -0.15) is 0 Å². The molecule has 0 radical (unpaired) electrons. The molecule has 116 valence electrons. The fourth-order valence-electron chi connectivity index (χ4n) is 3.33. The summed E-state index contributed by atoms with van der Waals surface area (Å²) in [5.41, 5.74) is 1.04. The molecule has 3 rings (SSSR count). The maximum absolute atomic E-state index is 12.3. The predicted molar refractivity (Wildman–Crippen MR) is 85.8 cm³/mol. The molecule has 2 aliphatic rings. The summed E-state index contributed by atoms with van der Waals surface area (Å²) in [6.45, 7) is 2.11. The first kappa shape index (κ1) is 15.3. The molecule has 0 N–H and O–H groups in total. The first-order chi connectivity index (χ1) is 10.6. The normalized spacial score (nSPS) is 24.5. The van der Waals surface area contributed by atoms with Crippen molar-refractivity contribution in [3.05, 3.63) is 35.4 Å². The van der Waals surface area contributed by atoms with E-state index in [9.17, 15) is 14.4 Å². The molecular weight excluding hydrogens is 298 g/mol. The number of benzene rings is 1. The van der Waals surface area contributed by atoms with Gasteiger partial charge in [-0.05, 0) is 43.7 Å². The van der Waals surface area contributed by atoms with Gasteiger partial charge in [-0.15, -0.1) is 0 Å². The van der Waals surface area contributed by atoms with Crippen molar-refractivity contribution in [2.45, 2.75) is 37.9 Å². The fraction of sp³-hybridized carbons (Fsp3) is 0.471. The van der Waals surface area contributed by atoms with Gasteiger partial charge < -0.3 is 0 Å². The van der Waals surface area contributed by atoms with Gasteiger partial charge in [0.2, 0.25) is 0 Å². The largest absolute Gasteiger partial charge is 0.288 e. The summed E-state index contributed by atoms with van der Waals surface area (Å²) in [6, 6.07) is 7.02. The Hall–Kier alpha value is -1.62. The van der Waals surface area contributed by atoms with Gasteiger partial charge in [0.25, 0.3) is 11.8 Å². The molecule has 0 spiro atoms. The molecule has 1 fully saturated rings. The summed E-state index contributed by atoms with van der Waals surface area (Å²) in [4.78, 5) is 37.2. The van der Waals surface area contributed by atoms with Crippen molar-refractivity contribution in [1.29, 1.82) is 0 Å². The van der Waals surface area contributed by atoms with Crippen LogP contribution in [-0.4, -0.2) is 33.6 Å². The van der Waals surface area contributed by atoms with E-state index in [2.05, 4.69) is 0 Å². The van der Waals surface area contributed by atoms with Crippen molar-refractivity contribution in [3.63, 3.8) is 0 Å². The van der Waals surface area contributed by atoms with E-state index in [-0.39, 0.29) is 16.9 Å². The molecule has 0 saturated heterocycles. The molecule has 1 heterocycles. The highest BCUT2D eigenvalue weighted by molar-refractivity contribution is 8.14. The average Bonchev–Trinajstić information content (AvgIpc) is 2.74. The van der Waals surface area contributed by atoms with Crippen LogP contribution >= 0.6 is 11.8 Å². The van der Waals surface area contributed by atoms with E-state index in [1.54, 1.807) is 31.2 Å². The highest BCUT2D eigenvalue weighted by Gasteiger charge is 2.37. The molecule has 2 amide bonds. The number of imide groups is 1. The molecule has 4 nitrogen and oxygen atoms in total. The summed E-state index contributed by atoms with van der Waals surface area (Å²) < 4.78 is 0. The van der Waals surface area contributed by atoms with Crippen LogP contribution in [-0.2, 0) is 4.79 Å². The Balaban J connectivity index is 1.61. The fourth-order valence-corrected chi connectivity index (χ4v) is 4.31. The Morgan fingerprint density at radius 2 is 1.64 bits per heavy atom. The standard InChI is InChI=1S/C17H19NO3S/c1-11(19)22-13-8-6-12(7-9-13)10-18-16(20)14-4-2-3-5-15(14)17(18)21/h2-5,12-13H,6-10H2,1H3. The molecular formula is C17H19NO3S. The minimum absolute atomic E-state index is 0.166. The number of amides is 2. The first-order valence-corrected chi connectivity index (χ1v) is 8.56. The molecule has 0 bridgehead atoms. The van der Waals surface area contributed by atoms with E-state index in [0.29, 0.717) is 28.8 Å². The van der Waals surface area contributed by atoms with Crippen LogP contribution in [0.15, 0.2) is 24.3 Å². The highest BCUT2D eigenvalue weighted by Crippen LogP contribution is 2.34. The van der Waals surface area contributed by atoms with Crippen molar-refractivity contribution in [2.24, 2.45) is 5.92 Å². The molecule has 1 saturated carbocycles. The van der Waals surface area contributed by atoms with Crippen LogP contribution in [0.5, 0.6) is 0 Å². The Morgan fingerprint density at radius 1 is 1.09 bits per heavy atom. The monoisotopic (exact) mass is 317 g/mol. The van der Waals surface area contributed by atoms with Gasteiger partial charge in [0, 0.05) is 18.7 Å². The van der Waals surface area contributed by atoms with Gasteiger partial charge in [0.15, 0.2) is 5.12 Å². The van der Waals surface area contributed by atoms with Crippen LogP contribution < -0.4 is 0 Å². The average molecular weight is 317 g/mol. The van der Waals surface area contributed by atoms with E-state index >= 15 is 0 Å². The second-order valence-corrected chi connectivity index (χ2v) is 7.50. The number of fused-ring (bicyclic) bond motifs is 1. The lowest BCUT2D eigenvalue weighted by molar-refractivity contribution is -0.109. The number of rotatable bonds is 3. The third-order valence-electron chi connectivity index (χ3n) is 4.45. The number of thioether (sulfide) groups is 1. The third-order valence-corrected chi connectivity index (χ3v) is 5.58. The van der Waals surface area contributed by atoms with E-state index < -0.39 is 0 Å². The molecule has 1 aromatic carbocycles. The van der Waals surface area contributed by atoms with Gasteiger partial charge in [-0.25, -0.2) is 0 Å². The lowest BCUT2D eigenvalue weighted by Gasteiger charge is -2.29. The second kappa shape index (κ2) is 6.24. The summed E-state index contributed by atoms with van der Waals surface area (Å²) in [5.74, 6) is 0.0210. The minimum atomic E-state index is -0.166. The number of hydrogen-bond acceptors (Lipinski definition) is 4. The molecule has 0 atom stereocenters. The number of nitrogens with zero attached hydrogens (tertiary/aromatic N) is 1. The van der Waals surface area contributed by atoms with E-state index in [0.717, 1.165) is 25.7 Å². The van der Waals surface area contributed by atoms with E-state index in [1.165, 1.54) is 16.7 Å². The highest BCUT2D eigenvalue weighted by atomic mass is 32.2. The Labute approximate surface area is 134 Å². The molecule has 1 aliphatic heterocycles. The van der Waals surface area contributed by atoms with Gasteiger partial charge in [-0.1, -0.05) is 23.9 Å². The van der Waals surface area contributed by atoms with Gasteiger partial charge >= 0.3 is 0 Å². The van der Waals surface area contributed by atoms with Crippen LogP contribution in [0.4, 0.5) is 0 Å². The molecule has 0 aromatic heterocycles. The SMILES string of the molecule is CC(=O)SC1CCC(CN2C(=O)c3ccccc3C2=O)CC1. The van der Waals surface area contributed by atoms with E-state index in [4.69, 9.17) is 0 Å². The molecule has 5 heteroatoms. The van der Waals surface area contributed by atoms with Crippen molar-refractivity contribution >= 4 is 28.7 Å². The molecule has 1 aromatic rings. The second-order valence-electron chi connectivity index (χ2n) is 6.02. The lowest BCUT2D eigenvalue weighted by Crippen LogP contribution is -2.36.